The van der Waals surface area contributed by atoms with Crippen LogP contribution in [0.5, 0.6) is 0 Å². The van der Waals surface area contributed by atoms with Crippen molar-refractivity contribution >= 4 is 28.8 Å². The van der Waals surface area contributed by atoms with E-state index in [1.807, 2.05) is 38.1 Å². The van der Waals surface area contributed by atoms with Crippen LogP contribution in [0.4, 0.5) is 0 Å². The molecule has 2 amide bonds. The minimum absolute atomic E-state index is 0.0125. The summed E-state index contributed by atoms with van der Waals surface area (Å²) in [5.74, 6) is -3.05. The standard InChI is InChI=1S/C28H35N5O6/c1-5-14-31(17-32-20-11-9-8-10-19(20)29-30-32)25(36)23-28-13-12-27(4,39-28)22(26(37)38-15-6-2)21(28)24(35)33(23)18(7-3)16-34/h5-6,8-11,18,21-23,34H,1-2,7,12-17H2,3-4H3/t18-,21-,22-,23?,27+,28?/m0/s1. The summed E-state index contributed by atoms with van der Waals surface area (Å²) in [6, 6.07) is 5.77. The number of aliphatic hydroxyl groups is 1. The third-order valence-electron chi connectivity index (χ3n) is 8.51. The molecule has 3 aliphatic rings. The van der Waals surface area contributed by atoms with Gasteiger partial charge in [0.05, 0.1) is 29.7 Å². The van der Waals surface area contributed by atoms with E-state index in [2.05, 4.69) is 23.5 Å². The molecule has 5 rings (SSSR count). The van der Waals surface area contributed by atoms with Crippen molar-refractivity contribution in [3.8, 4) is 0 Å². The molecule has 208 valence electrons. The number of aliphatic hydroxyl groups excluding tert-OH is 1. The van der Waals surface area contributed by atoms with Crippen LogP contribution in [0.3, 0.4) is 0 Å². The fourth-order valence-corrected chi connectivity index (χ4v) is 6.77. The first-order valence-corrected chi connectivity index (χ1v) is 13.3. The Hall–Kier alpha value is -3.57. The largest absolute Gasteiger partial charge is 0.461 e. The lowest BCUT2D eigenvalue weighted by atomic mass is 9.66. The Morgan fingerprint density at radius 1 is 1.31 bits per heavy atom. The molecule has 1 spiro atoms. The highest BCUT2D eigenvalue weighted by Crippen LogP contribution is 2.63. The van der Waals surface area contributed by atoms with Crippen molar-refractivity contribution in [2.75, 3.05) is 19.8 Å². The number of para-hydroxylation sites is 1. The van der Waals surface area contributed by atoms with E-state index in [1.54, 1.807) is 15.7 Å². The summed E-state index contributed by atoms with van der Waals surface area (Å²) < 4.78 is 13.6. The molecule has 39 heavy (non-hydrogen) atoms. The smallest absolute Gasteiger partial charge is 0.313 e. The van der Waals surface area contributed by atoms with Gasteiger partial charge in [-0.2, -0.15) is 0 Å². The molecule has 2 aromatic rings. The van der Waals surface area contributed by atoms with Gasteiger partial charge in [-0.25, -0.2) is 4.68 Å². The van der Waals surface area contributed by atoms with Crippen LogP contribution in [0.1, 0.15) is 33.1 Å². The summed E-state index contributed by atoms with van der Waals surface area (Å²) in [4.78, 5) is 44.9. The lowest BCUT2D eigenvalue weighted by Gasteiger charge is -2.39. The second kappa shape index (κ2) is 10.2. The van der Waals surface area contributed by atoms with E-state index in [-0.39, 0.29) is 38.2 Å². The van der Waals surface area contributed by atoms with E-state index in [1.165, 1.54) is 11.0 Å². The van der Waals surface area contributed by atoms with Crippen LogP contribution < -0.4 is 0 Å². The second-order valence-corrected chi connectivity index (χ2v) is 10.7. The van der Waals surface area contributed by atoms with E-state index in [0.29, 0.717) is 24.8 Å². The maximum atomic E-state index is 14.5. The van der Waals surface area contributed by atoms with E-state index in [9.17, 15) is 19.5 Å². The molecule has 1 aromatic carbocycles. The van der Waals surface area contributed by atoms with Crippen molar-refractivity contribution < 1.29 is 29.0 Å². The number of esters is 1. The molecular formula is C28H35N5O6. The number of hydrogen-bond donors (Lipinski definition) is 1. The van der Waals surface area contributed by atoms with Gasteiger partial charge in [-0.1, -0.05) is 43.0 Å². The number of amides is 2. The van der Waals surface area contributed by atoms with Crippen LogP contribution in [0.25, 0.3) is 11.0 Å². The fraction of sp³-hybridized carbons (Fsp3) is 0.536. The molecule has 11 nitrogen and oxygen atoms in total. The Balaban J connectivity index is 1.56. The van der Waals surface area contributed by atoms with Gasteiger partial charge in [0.15, 0.2) is 0 Å². The molecule has 1 N–H and O–H groups in total. The minimum atomic E-state index is -1.23. The van der Waals surface area contributed by atoms with Crippen molar-refractivity contribution in [3.05, 3.63) is 49.6 Å². The first kappa shape index (κ1) is 27.0. The topological polar surface area (TPSA) is 127 Å². The van der Waals surface area contributed by atoms with Gasteiger partial charge in [-0.05, 0) is 38.3 Å². The highest BCUT2D eigenvalue weighted by Gasteiger charge is 2.79. The Morgan fingerprint density at radius 2 is 2.08 bits per heavy atom. The molecule has 0 saturated carbocycles. The van der Waals surface area contributed by atoms with E-state index >= 15 is 0 Å². The normalized spacial score (nSPS) is 29.9. The van der Waals surface area contributed by atoms with Crippen LogP contribution in [-0.2, 0) is 30.5 Å². The highest BCUT2D eigenvalue weighted by molar-refractivity contribution is 5.98. The van der Waals surface area contributed by atoms with Crippen LogP contribution >= 0.6 is 0 Å². The molecule has 0 aliphatic carbocycles. The van der Waals surface area contributed by atoms with E-state index in [0.717, 1.165) is 5.52 Å². The number of ether oxygens (including phenoxy) is 2. The number of hydrogen-bond acceptors (Lipinski definition) is 8. The number of rotatable bonds is 11. The Bertz CT molecular complexity index is 1310. The minimum Gasteiger partial charge on any atom is -0.461 e. The first-order valence-electron chi connectivity index (χ1n) is 13.3. The second-order valence-electron chi connectivity index (χ2n) is 10.7. The van der Waals surface area contributed by atoms with Gasteiger partial charge in [0.25, 0.3) is 0 Å². The number of aromatic nitrogens is 3. The molecule has 6 atom stereocenters. The van der Waals surface area contributed by atoms with Crippen molar-refractivity contribution in [3.63, 3.8) is 0 Å². The van der Waals surface area contributed by atoms with Crippen LogP contribution in [-0.4, -0.2) is 90.7 Å². The monoisotopic (exact) mass is 537 g/mol. The summed E-state index contributed by atoms with van der Waals surface area (Å²) in [6.45, 7) is 11.0. The van der Waals surface area contributed by atoms with Gasteiger partial charge in [-0.15, -0.1) is 11.7 Å². The lowest BCUT2D eigenvalue weighted by molar-refractivity contribution is -0.161. The zero-order valence-electron chi connectivity index (χ0n) is 22.4. The molecule has 2 bridgehead atoms. The third-order valence-corrected chi connectivity index (χ3v) is 8.51. The summed E-state index contributed by atoms with van der Waals surface area (Å²) >= 11 is 0. The number of likely N-dealkylation sites (tertiary alicyclic amines) is 1. The van der Waals surface area contributed by atoms with Crippen molar-refractivity contribution in [1.29, 1.82) is 0 Å². The van der Waals surface area contributed by atoms with Crippen LogP contribution in [0.15, 0.2) is 49.6 Å². The maximum Gasteiger partial charge on any atom is 0.313 e. The predicted molar refractivity (Wildman–Crippen MR) is 141 cm³/mol. The average molecular weight is 538 g/mol. The summed E-state index contributed by atoms with van der Waals surface area (Å²) in [5.41, 5.74) is -0.729. The van der Waals surface area contributed by atoms with Gasteiger partial charge < -0.3 is 24.4 Å². The SMILES string of the molecule is C=CCOC(=O)[C@@H]1[C@H]2C(=O)N([C@@H](CC)CO)C(C(=O)N(CC=C)Cn3nnc4ccccc43)C23CC[C@@]1(C)O3. The lowest BCUT2D eigenvalue weighted by Crippen LogP contribution is -2.59. The fourth-order valence-electron chi connectivity index (χ4n) is 6.77. The van der Waals surface area contributed by atoms with Crippen LogP contribution in [0, 0.1) is 11.8 Å². The number of carbonyl (C=O) groups is 3. The highest BCUT2D eigenvalue weighted by atomic mass is 16.6. The van der Waals surface area contributed by atoms with Crippen molar-refractivity contribution in [2.24, 2.45) is 11.8 Å². The zero-order chi connectivity index (χ0) is 27.9. The first-order chi connectivity index (χ1) is 18.8. The van der Waals surface area contributed by atoms with Gasteiger partial charge in [0.1, 0.15) is 36.4 Å². The molecule has 1 aromatic heterocycles. The van der Waals surface area contributed by atoms with Gasteiger partial charge in [0, 0.05) is 6.54 Å². The average Bonchev–Trinajstić information content (AvgIpc) is 3.63. The maximum absolute atomic E-state index is 14.5. The third kappa shape index (κ3) is 4.06. The van der Waals surface area contributed by atoms with Gasteiger partial charge in [-0.3, -0.25) is 14.4 Å². The Morgan fingerprint density at radius 3 is 2.77 bits per heavy atom. The predicted octanol–water partition coefficient (Wildman–Crippen LogP) is 1.67. The molecule has 3 fully saturated rings. The van der Waals surface area contributed by atoms with E-state index < -0.39 is 41.1 Å². The van der Waals surface area contributed by atoms with Crippen LogP contribution in [0.2, 0.25) is 0 Å². The number of fused-ring (bicyclic) bond motifs is 2. The summed E-state index contributed by atoms with van der Waals surface area (Å²) in [6.07, 6.45) is 4.42. The summed E-state index contributed by atoms with van der Waals surface area (Å²) in [7, 11) is 0. The molecule has 4 heterocycles. The van der Waals surface area contributed by atoms with Crippen molar-refractivity contribution in [1.82, 2.24) is 24.8 Å². The number of benzene rings is 1. The Labute approximate surface area is 227 Å². The molecule has 3 aliphatic heterocycles. The molecule has 11 heteroatoms. The quantitative estimate of drug-likeness (QED) is 0.339. The van der Waals surface area contributed by atoms with Gasteiger partial charge >= 0.3 is 5.97 Å². The molecule has 3 saturated heterocycles. The molecule has 0 radical (unpaired) electrons. The summed E-state index contributed by atoms with van der Waals surface area (Å²) in [5, 5.41) is 18.7. The number of nitrogens with zero attached hydrogens (tertiary/aromatic N) is 5. The number of carbonyl (C=O) groups excluding carboxylic acids is 3. The van der Waals surface area contributed by atoms with E-state index in [4.69, 9.17) is 9.47 Å². The van der Waals surface area contributed by atoms with Crippen molar-refractivity contribution in [2.45, 2.75) is 63.1 Å². The molecule has 2 unspecified atom stereocenters. The zero-order valence-corrected chi connectivity index (χ0v) is 22.4. The molecular weight excluding hydrogens is 502 g/mol. The van der Waals surface area contributed by atoms with Gasteiger partial charge in [0.2, 0.25) is 11.8 Å². The Kier molecular flexibility index (Phi) is 7.06.